The molecule has 3 aromatic heterocycles. The molecule has 7 nitrogen and oxygen atoms in total. The number of nitrogens with zero attached hydrogens (tertiary/aromatic N) is 4. The van der Waals surface area contributed by atoms with Crippen LogP contribution in [0.25, 0.3) is 33.4 Å². The van der Waals surface area contributed by atoms with Gasteiger partial charge in [0.05, 0.1) is 42.3 Å². The van der Waals surface area contributed by atoms with E-state index in [0.717, 1.165) is 50.7 Å². The highest BCUT2D eigenvalue weighted by Gasteiger charge is 2.29. The molecule has 38 heavy (non-hydrogen) atoms. The lowest BCUT2D eigenvalue weighted by Crippen LogP contribution is -2.24. The van der Waals surface area contributed by atoms with Crippen molar-refractivity contribution in [1.29, 1.82) is 5.26 Å². The standard InChI is InChI=1S/C30H34N4O3S/c1-7-34-26-11-10-21(25-17-38-27(33-25)12-13-31)15-23(26)24(16-30(4,5)18-37-20(3)35)29(34)22-9-8-14-32-28(22)19(2)36-6/h8-11,14-15,17,19H,7,12,16,18H2,1-6H3/t19-/m0/s1. The number of fused-ring (bicyclic) bond motifs is 1. The SMILES string of the molecule is CCn1c(-c2cccnc2[C@H](C)OC)c(CC(C)(C)COC(C)=O)c2cc(-c3csc(CC#N)n3)ccc21. The largest absolute Gasteiger partial charge is 0.465 e. The van der Waals surface area contributed by atoms with Crippen molar-refractivity contribution >= 4 is 28.2 Å². The number of carbonyl (C=O) groups excluding carboxylic acids is 1. The summed E-state index contributed by atoms with van der Waals surface area (Å²) in [5.74, 6) is -0.281. The lowest BCUT2D eigenvalue weighted by atomic mass is 9.84. The van der Waals surface area contributed by atoms with Crippen LogP contribution in [-0.2, 0) is 33.7 Å². The second kappa shape index (κ2) is 11.5. The lowest BCUT2D eigenvalue weighted by Gasteiger charge is -2.25. The van der Waals surface area contributed by atoms with Crippen LogP contribution in [0.4, 0.5) is 0 Å². The van der Waals surface area contributed by atoms with Crippen LogP contribution in [0.3, 0.4) is 0 Å². The van der Waals surface area contributed by atoms with Crippen molar-refractivity contribution in [2.45, 2.75) is 60.1 Å². The minimum Gasteiger partial charge on any atom is -0.465 e. The van der Waals surface area contributed by atoms with E-state index in [4.69, 9.17) is 24.7 Å². The Bertz CT molecular complexity index is 1500. The molecule has 4 rings (SSSR count). The van der Waals surface area contributed by atoms with Crippen LogP contribution in [0.1, 0.15) is 57.0 Å². The molecule has 0 bridgehead atoms. The van der Waals surface area contributed by atoms with Gasteiger partial charge in [-0.25, -0.2) is 4.98 Å². The molecule has 0 saturated carbocycles. The number of ether oxygens (including phenoxy) is 2. The Morgan fingerprint density at radius 2 is 2.08 bits per heavy atom. The predicted octanol–water partition coefficient (Wildman–Crippen LogP) is 6.75. The van der Waals surface area contributed by atoms with Crippen LogP contribution >= 0.6 is 11.3 Å². The molecule has 0 radical (unpaired) electrons. The van der Waals surface area contributed by atoms with Gasteiger partial charge in [0.15, 0.2) is 0 Å². The quantitative estimate of drug-likeness (QED) is 0.211. The molecular formula is C30H34N4O3S. The Labute approximate surface area is 228 Å². The third-order valence-corrected chi connectivity index (χ3v) is 7.56. The minimum absolute atomic E-state index is 0.180. The average molecular weight is 531 g/mol. The van der Waals surface area contributed by atoms with Crippen molar-refractivity contribution in [2.24, 2.45) is 5.41 Å². The molecule has 4 aromatic rings. The maximum absolute atomic E-state index is 11.6. The van der Waals surface area contributed by atoms with E-state index in [2.05, 4.69) is 55.7 Å². The summed E-state index contributed by atoms with van der Waals surface area (Å²) in [5, 5.41) is 13.0. The molecule has 1 aromatic carbocycles. The van der Waals surface area contributed by atoms with E-state index >= 15 is 0 Å². The minimum atomic E-state index is -0.306. The second-order valence-electron chi connectivity index (χ2n) is 10.2. The van der Waals surface area contributed by atoms with Crippen LogP contribution in [0.5, 0.6) is 0 Å². The molecule has 0 N–H and O–H groups in total. The second-order valence-corrected chi connectivity index (χ2v) is 11.1. The zero-order valence-corrected chi connectivity index (χ0v) is 23.7. The Morgan fingerprint density at radius 1 is 1.29 bits per heavy atom. The number of aromatic nitrogens is 3. The molecule has 0 unspecified atom stereocenters. The van der Waals surface area contributed by atoms with Crippen molar-refractivity contribution in [3.05, 3.63) is 58.2 Å². The summed E-state index contributed by atoms with van der Waals surface area (Å²) in [5.41, 5.74) is 6.88. The molecule has 3 heterocycles. The first kappa shape index (κ1) is 27.5. The summed E-state index contributed by atoms with van der Waals surface area (Å²) in [6.45, 7) is 10.9. The van der Waals surface area contributed by atoms with Gasteiger partial charge in [-0.15, -0.1) is 11.3 Å². The normalized spacial score (nSPS) is 12.4. The van der Waals surface area contributed by atoms with Gasteiger partial charge in [0.1, 0.15) is 5.01 Å². The fourth-order valence-electron chi connectivity index (χ4n) is 4.87. The van der Waals surface area contributed by atoms with Crippen molar-refractivity contribution in [2.75, 3.05) is 13.7 Å². The number of hydrogen-bond acceptors (Lipinski definition) is 7. The smallest absolute Gasteiger partial charge is 0.302 e. The first-order valence-electron chi connectivity index (χ1n) is 12.8. The predicted molar refractivity (Wildman–Crippen MR) is 151 cm³/mol. The van der Waals surface area contributed by atoms with Crippen LogP contribution in [0.2, 0.25) is 0 Å². The Hall–Kier alpha value is -3.54. The third-order valence-electron chi connectivity index (χ3n) is 6.72. The highest BCUT2D eigenvalue weighted by molar-refractivity contribution is 7.10. The van der Waals surface area contributed by atoms with Gasteiger partial charge in [-0.2, -0.15) is 5.26 Å². The summed E-state index contributed by atoms with van der Waals surface area (Å²) in [6.07, 6.45) is 2.62. The maximum atomic E-state index is 11.6. The van der Waals surface area contributed by atoms with Gasteiger partial charge in [0.2, 0.25) is 0 Å². The van der Waals surface area contributed by atoms with Crippen LogP contribution in [0.15, 0.2) is 41.9 Å². The summed E-state index contributed by atoms with van der Waals surface area (Å²) in [6, 6.07) is 12.7. The first-order chi connectivity index (χ1) is 18.2. The number of pyridine rings is 1. The molecule has 0 aliphatic carbocycles. The Balaban J connectivity index is 1.97. The molecule has 0 aliphatic rings. The van der Waals surface area contributed by atoms with Gasteiger partial charge in [0, 0.05) is 59.6 Å². The van der Waals surface area contributed by atoms with Gasteiger partial charge in [0.25, 0.3) is 0 Å². The molecule has 0 amide bonds. The summed E-state index contributed by atoms with van der Waals surface area (Å²) in [7, 11) is 1.70. The molecule has 0 saturated heterocycles. The van der Waals surface area contributed by atoms with Crippen molar-refractivity contribution in [1.82, 2.24) is 14.5 Å². The zero-order valence-electron chi connectivity index (χ0n) is 22.9. The van der Waals surface area contributed by atoms with Crippen LogP contribution in [-0.4, -0.2) is 34.2 Å². The van der Waals surface area contributed by atoms with Gasteiger partial charge >= 0.3 is 5.97 Å². The maximum Gasteiger partial charge on any atom is 0.302 e. The number of esters is 1. The first-order valence-corrected chi connectivity index (χ1v) is 13.6. The molecular weight excluding hydrogens is 496 g/mol. The fourth-order valence-corrected chi connectivity index (χ4v) is 5.61. The van der Waals surface area contributed by atoms with E-state index in [-0.39, 0.29) is 17.5 Å². The zero-order chi connectivity index (χ0) is 27.4. The monoisotopic (exact) mass is 530 g/mol. The van der Waals surface area contributed by atoms with Crippen molar-refractivity contribution in [3.63, 3.8) is 0 Å². The lowest BCUT2D eigenvalue weighted by molar-refractivity contribution is -0.143. The van der Waals surface area contributed by atoms with Gasteiger partial charge in [-0.05, 0) is 50.1 Å². The van der Waals surface area contributed by atoms with Crippen molar-refractivity contribution < 1.29 is 14.3 Å². The number of thiazole rings is 1. The van der Waals surface area contributed by atoms with E-state index < -0.39 is 0 Å². The summed E-state index contributed by atoms with van der Waals surface area (Å²) >= 11 is 1.51. The average Bonchev–Trinajstić information content (AvgIpc) is 3.49. The highest BCUT2D eigenvalue weighted by Crippen LogP contribution is 2.41. The number of aryl methyl sites for hydroxylation is 1. The molecule has 0 spiro atoms. The number of methoxy groups -OCH3 is 1. The van der Waals surface area contributed by atoms with E-state index in [1.165, 1.54) is 23.8 Å². The number of nitriles is 1. The number of benzene rings is 1. The Morgan fingerprint density at radius 3 is 2.76 bits per heavy atom. The highest BCUT2D eigenvalue weighted by atomic mass is 32.1. The molecule has 0 aliphatic heterocycles. The van der Waals surface area contributed by atoms with E-state index in [1.54, 1.807) is 13.3 Å². The van der Waals surface area contributed by atoms with Gasteiger partial charge < -0.3 is 14.0 Å². The number of rotatable bonds is 10. The molecule has 198 valence electrons. The molecule has 8 heteroatoms. The molecule has 1 atom stereocenters. The summed E-state index contributed by atoms with van der Waals surface area (Å²) in [4.78, 5) is 21.0. The number of carbonyl (C=O) groups is 1. The molecule has 0 fully saturated rings. The number of hydrogen-bond donors (Lipinski definition) is 0. The van der Waals surface area contributed by atoms with E-state index in [0.29, 0.717) is 19.4 Å². The third kappa shape index (κ3) is 5.64. The van der Waals surface area contributed by atoms with Crippen LogP contribution in [0, 0.1) is 16.7 Å². The van der Waals surface area contributed by atoms with Crippen molar-refractivity contribution in [3.8, 4) is 28.6 Å². The summed E-state index contributed by atoms with van der Waals surface area (Å²) < 4.78 is 13.5. The van der Waals surface area contributed by atoms with Crippen LogP contribution < -0.4 is 0 Å². The fraction of sp³-hybridized carbons (Fsp3) is 0.400. The topological polar surface area (TPSA) is 90.0 Å². The Kier molecular flexibility index (Phi) is 8.29. The van der Waals surface area contributed by atoms with E-state index in [1.807, 2.05) is 18.4 Å². The van der Waals surface area contributed by atoms with Gasteiger partial charge in [-0.3, -0.25) is 9.78 Å². The van der Waals surface area contributed by atoms with E-state index in [9.17, 15) is 4.79 Å². The van der Waals surface area contributed by atoms with Gasteiger partial charge in [-0.1, -0.05) is 19.9 Å².